The van der Waals surface area contributed by atoms with Crippen LogP contribution >= 0.6 is 0 Å². The Morgan fingerprint density at radius 2 is 1.82 bits per heavy atom. The highest BCUT2D eigenvalue weighted by Crippen LogP contribution is 2.40. The van der Waals surface area contributed by atoms with Gasteiger partial charge in [0.2, 0.25) is 11.9 Å². The second-order valence-corrected chi connectivity index (χ2v) is 11.1. The molecule has 2 aromatic rings. The Kier molecular flexibility index (Phi) is 8.99. The summed E-state index contributed by atoms with van der Waals surface area (Å²) in [5.74, 6) is 1.29. The number of carbonyl (C=O) groups excluding carboxylic acids is 2. The smallest absolute Gasteiger partial charge is 0.323 e. The predicted molar refractivity (Wildman–Crippen MR) is 159 cm³/mol. The Bertz CT molecular complexity index is 1200. The van der Waals surface area contributed by atoms with Crippen LogP contribution in [0.15, 0.2) is 36.5 Å². The van der Waals surface area contributed by atoms with Crippen molar-refractivity contribution in [3.05, 3.63) is 42.1 Å². The lowest BCUT2D eigenvalue weighted by Gasteiger charge is -2.43. The van der Waals surface area contributed by atoms with Crippen molar-refractivity contribution in [2.24, 2.45) is 0 Å². The first-order valence-electron chi connectivity index (χ1n) is 14.8. The van der Waals surface area contributed by atoms with Gasteiger partial charge in [-0.2, -0.15) is 4.98 Å². The van der Waals surface area contributed by atoms with Gasteiger partial charge in [-0.15, -0.1) is 0 Å². The number of hydrogen-bond donors (Lipinski definition) is 2. The number of nitrogens with zero attached hydrogens (tertiary/aromatic N) is 4. The van der Waals surface area contributed by atoms with Gasteiger partial charge < -0.3 is 25.2 Å². The first-order chi connectivity index (χ1) is 19.5. The van der Waals surface area contributed by atoms with Gasteiger partial charge in [-0.1, -0.05) is 44.1 Å². The fraction of sp³-hybridized carbons (Fsp3) is 0.548. The van der Waals surface area contributed by atoms with Gasteiger partial charge >= 0.3 is 5.97 Å². The summed E-state index contributed by atoms with van der Waals surface area (Å²) < 4.78 is 5.66. The fourth-order valence-electron chi connectivity index (χ4n) is 6.17. The highest BCUT2D eigenvalue weighted by Gasteiger charge is 2.41. The molecular formula is C31H42N6O3. The van der Waals surface area contributed by atoms with Crippen LogP contribution in [0.4, 0.5) is 23.1 Å². The molecule has 0 unspecified atom stereocenters. The number of benzene rings is 1. The molecule has 1 aromatic heterocycles. The zero-order valence-corrected chi connectivity index (χ0v) is 23.9. The van der Waals surface area contributed by atoms with Gasteiger partial charge in [0.15, 0.2) is 5.82 Å². The van der Waals surface area contributed by atoms with E-state index in [1.54, 1.807) is 18.1 Å². The van der Waals surface area contributed by atoms with Crippen LogP contribution in [0, 0.1) is 0 Å². The first-order valence-corrected chi connectivity index (χ1v) is 14.8. The van der Waals surface area contributed by atoms with E-state index in [1.165, 1.54) is 12.8 Å². The van der Waals surface area contributed by atoms with Crippen molar-refractivity contribution >= 4 is 41.1 Å². The van der Waals surface area contributed by atoms with Crippen LogP contribution < -0.4 is 20.4 Å². The van der Waals surface area contributed by atoms with Crippen molar-refractivity contribution in [1.29, 1.82) is 0 Å². The van der Waals surface area contributed by atoms with Crippen molar-refractivity contribution < 1.29 is 14.3 Å². The third-order valence-electron chi connectivity index (χ3n) is 8.48. The van der Waals surface area contributed by atoms with Crippen LogP contribution in [-0.2, 0) is 14.3 Å². The Hall–Kier alpha value is -3.46. The molecule has 2 atom stereocenters. The van der Waals surface area contributed by atoms with Crippen molar-refractivity contribution in [2.45, 2.75) is 95.4 Å². The molecule has 2 aliphatic carbocycles. The molecular weight excluding hydrogens is 504 g/mol. The largest absolute Gasteiger partial charge is 0.461 e. The lowest BCUT2D eigenvalue weighted by molar-refractivity contribution is -0.151. The number of amides is 1. The van der Waals surface area contributed by atoms with Crippen molar-refractivity contribution in [3.63, 3.8) is 0 Å². The number of esters is 1. The monoisotopic (exact) mass is 546 g/mol. The zero-order chi connectivity index (χ0) is 28.1. The SMILES string of the molecule is CC[C@@H]1C(=O)N(C)c2cnc(Nc3ccc(/C=C/C[C@H](NC)C(=O)OC4CCCC4)cc3)nc2N1C1CCCC1. The number of hydrogen-bond acceptors (Lipinski definition) is 8. The molecule has 214 valence electrons. The molecule has 5 rings (SSSR count). The molecule has 2 heterocycles. The average molecular weight is 547 g/mol. The number of fused-ring (bicyclic) bond motifs is 1. The van der Waals surface area contributed by atoms with Crippen molar-refractivity contribution in [3.8, 4) is 0 Å². The van der Waals surface area contributed by atoms with Gasteiger partial charge in [-0.3, -0.25) is 9.59 Å². The highest BCUT2D eigenvalue weighted by molar-refractivity contribution is 6.04. The molecule has 2 N–H and O–H groups in total. The third-order valence-corrected chi connectivity index (χ3v) is 8.48. The van der Waals surface area contributed by atoms with Crippen LogP contribution in [0.5, 0.6) is 0 Å². The highest BCUT2D eigenvalue weighted by atomic mass is 16.5. The molecule has 2 fully saturated rings. The maximum Gasteiger partial charge on any atom is 0.323 e. The third kappa shape index (κ3) is 6.14. The van der Waals surface area contributed by atoms with Gasteiger partial charge in [0, 0.05) is 18.8 Å². The Balaban J connectivity index is 1.24. The number of anilines is 4. The molecule has 0 saturated heterocycles. The summed E-state index contributed by atoms with van der Waals surface area (Å²) in [6.45, 7) is 2.07. The second kappa shape index (κ2) is 12.8. The van der Waals surface area contributed by atoms with E-state index in [1.807, 2.05) is 43.5 Å². The number of aromatic nitrogens is 2. The Labute approximate surface area is 237 Å². The predicted octanol–water partition coefficient (Wildman–Crippen LogP) is 5.20. The summed E-state index contributed by atoms with van der Waals surface area (Å²) in [6, 6.07) is 7.82. The maximum atomic E-state index is 13.1. The molecule has 3 aliphatic rings. The minimum Gasteiger partial charge on any atom is -0.461 e. The summed E-state index contributed by atoms with van der Waals surface area (Å²) in [7, 11) is 3.61. The molecule has 0 spiro atoms. The fourth-order valence-corrected chi connectivity index (χ4v) is 6.17. The number of nitrogens with one attached hydrogen (secondary N) is 2. The van der Waals surface area contributed by atoms with Crippen LogP contribution in [0.25, 0.3) is 6.08 Å². The summed E-state index contributed by atoms with van der Waals surface area (Å²) in [4.78, 5) is 39.0. The van der Waals surface area contributed by atoms with Gasteiger partial charge in [0.05, 0.1) is 6.20 Å². The maximum absolute atomic E-state index is 13.1. The molecule has 0 radical (unpaired) electrons. The molecule has 40 heavy (non-hydrogen) atoms. The van der Waals surface area contributed by atoms with Crippen LogP contribution in [0.1, 0.15) is 76.7 Å². The van der Waals surface area contributed by atoms with Crippen LogP contribution in [0.3, 0.4) is 0 Å². The summed E-state index contributed by atoms with van der Waals surface area (Å²) >= 11 is 0. The zero-order valence-electron chi connectivity index (χ0n) is 23.9. The molecule has 2 saturated carbocycles. The molecule has 9 heteroatoms. The lowest BCUT2D eigenvalue weighted by Crippen LogP contribution is -2.55. The average Bonchev–Trinajstić information content (AvgIpc) is 3.69. The normalized spacial score (nSPS) is 20.8. The van der Waals surface area contributed by atoms with E-state index in [0.29, 0.717) is 18.4 Å². The van der Waals surface area contributed by atoms with Crippen LogP contribution in [0.2, 0.25) is 0 Å². The van der Waals surface area contributed by atoms with E-state index < -0.39 is 0 Å². The number of likely N-dealkylation sites (N-methyl/N-ethyl adjacent to an activating group) is 2. The number of carbonyl (C=O) groups is 2. The van der Waals surface area contributed by atoms with E-state index in [4.69, 9.17) is 9.72 Å². The molecule has 9 nitrogen and oxygen atoms in total. The number of rotatable bonds is 10. The second-order valence-electron chi connectivity index (χ2n) is 11.1. The summed E-state index contributed by atoms with van der Waals surface area (Å²) in [5.41, 5.74) is 2.68. The van der Waals surface area contributed by atoms with E-state index in [2.05, 4.69) is 27.4 Å². The molecule has 1 amide bonds. The van der Waals surface area contributed by atoms with Crippen molar-refractivity contribution in [2.75, 3.05) is 29.2 Å². The minimum atomic E-state index is -0.343. The first kappa shape index (κ1) is 28.1. The minimum absolute atomic E-state index is 0.0775. The summed E-state index contributed by atoms with van der Waals surface area (Å²) in [6.07, 6.45) is 16.0. The van der Waals surface area contributed by atoms with E-state index >= 15 is 0 Å². The topological polar surface area (TPSA) is 99.7 Å². The van der Waals surface area contributed by atoms with Gasteiger partial charge in [0.25, 0.3) is 0 Å². The Morgan fingerprint density at radius 1 is 1.12 bits per heavy atom. The van der Waals surface area contributed by atoms with Gasteiger partial charge in [0.1, 0.15) is 23.9 Å². The number of ether oxygens (including phenoxy) is 1. The standard InChI is InChI=1S/C31H42N6O3/c1-4-26-29(38)36(3)27-20-33-31(35-28(27)37(26)23-11-5-6-12-23)34-22-18-16-21(17-19-22)10-9-15-25(32-2)30(39)40-24-13-7-8-14-24/h9-10,16-20,23-26,32H,4-8,11-15H2,1-3H3,(H,33,34,35)/b10-9+/t25-,26+/m0/s1. The quantitative estimate of drug-likeness (QED) is 0.392. The van der Waals surface area contributed by atoms with E-state index in [9.17, 15) is 9.59 Å². The lowest BCUT2D eigenvalue weighted by atomic mass is 10.0. The van der Waals surface area contributed by atoms with Crippen molar-refractivity contribution in [1.82, 2.24) is 15.3 Å². The van der Waals surface area contributed by atoms with Gasteiger partial charge in [-0.05, 0) is 76.1 Å². The molecule has 1 aromatic carbocycles. The van der Waals surface area contributed by atoms with E-state index in [-0.39, 0.29) is 30.1 Å². The molecule has 1 aliphatic heterocycles. The Morgan fingerprint density at radius 3 is 2.50 bits per heavy atom. The van der Waals surface area contributed by atoms with Gasteiger partial charge in [-0.25, -0.2) is 4.98 Å². The van der Waals surface area contributed by atoms with Crippen LogP contribution in [-0.4, -0.2) is 60.2 Å². The van der Waals surface area contributed by atoms with E-state index in [0.717, 1.165) is 67.7 Å². The molecule has 0 bridgehead atoms. The summed E-state index contributed by atoms with van der Waals surface area (Å²) in [5, 5.41) is 6.41.